The molecule has 0 unspecified atom stereocenters. The highest BCUT2D eigenvalue weighted by atomic mass is 16.5. The Morgan fingerprint density at radius 3 is 2.50 bits per heavy atom. The molecule has 0 saturated carbocycles. The lowest BCUT2D eigenvalue weighted by molar-refractivity contribution is 0.288. The standard InChI is InChI=1S/C14H22O2/c1-10(2)13-9-12(6-5-7-15)11(3)8-14(13)16-4/h8-10,15H,5-7H2,1-4H3. The summed E-state index contributed by atoms with van der Waals surface area (Å²) in [5.74, 6) is 1.43. The molecule has 0 aliphatic rings. The van der Waals surface area contributed by atoms with Gasteiger partial charge in [0.05, 0.1) is 7.11 Å². The molecule has 0 fully saturated rings. The summed E-state index contributed by atoms with van der Waals surface area (Å²) < 4.78 is 5.40. The van der Waals surface area contributed by atoms with Gasteiger partial charge in [-0.15, -0.1) is 0 Å². The van der Waals surface area contributed by atoms with Gasteiger partial charge in [0.15, 0.2) is 0 Å². The predicted molar refractivity (Wildman–Crippen MR) is 67.2 cm³/mol. The topological polar surface area (TPSA) is 29.5 Å². The largest absolute Gasteiger partial charge is 0.496 e. The highest BCUT2D eigenvalue weighted by Gasteiger charge is 2.10. The summed E-state index contributed by atoms with van der Waals surface area (Å²) in [4.78, 5) is 0. The Morgan fingerprint density at radius 2 is 2.00 bits per heavy atom. The van der Waals surface area contributed by atoms with Crippen LogP contribution in [0.1, 0.15) is 42.9 Å². The second kappa shape index (κ2) is 5.90. The lowest BCUT2D eigenvalue weighted by atomic mass is 9.94. The van der Waals surface area contributed by atoms with Crippen molar-refractivity contribution < 1.29 is 9.84 Å². The third kappa shape index (κ3) is 2.99. The van der Waals surface area contributed by atoms with Gasteiger partial charge >= 0.3 is 0 Å². The van der Waals surface area contributed by atoms with E-state index in [1.165, 1.54) is 16.7 Å². The molecule has 16 heavy (non-hydrogen) atoms. The minimum Gasteiger partial charge on any atom is -0.496 e. The van der Waals surface area contributed by atoms with Crippen LogP contribution in [-0.2, 0) is 6.42 Å². The zero-order chi connectivity index (χ0) is 12.1. The molecule has 0 spiro atoms. The van der Waals surface area contributed by atoms with Crippen LogP contribution in [-0.4, -0.2) is 18.8 Å². The third-order valence-corrected chi connectivity index (χ3v) is 2.91. The summed E-state index contributed by atoms with van der Waals surface area (Å²) in [7, 11) is 1.72. The Labute approximate surface area is 98.3 Å². The van der Waals surface area contributed by atoms with Crippen molar-refractivity contribution in [1.29, 1.82) is 0 Å². The summed E-state index contributed by atoms with van der Waals surface area (Å²) in [5.41, 5.74) is 3.81. The van der Waals surface area contributed by atoms with E-state index in [0.29, 0.717) is 5.92 Å². The molecule has 0 aliphatic heterocycles. The van der Waals surface area contributed by atoms with Crippen LogP contribution in [0.4, 0.5) is 0 Å². The third-order valence-electron chi connectivity index (χ3n) is 2.91. The quantitative estimate of drug-likeness (QED) is 0.829. The summed E-state index contributed by atoms with van der Waals surface area (Å²) in [5, 5.41) is 8.87. The van der Waals surface area contributed by atoms with Gasteiger partial charge in [-0.3, -0.25) is 0 Å². The first-order chi connectivity index (χ1) is 7.60. The van der Waals surface area contributed by atoms with Crippen LogP contribution in [0, 0.1) is 6.92 Å². The fourth-order valence-electron chi connectivity index (χ4n) is 1.91. The molecule has 0 atom stereocenters. The molecule has 0 amide bonds. The molecule has 2 nitrogen and oxygen atoms in total. The Balaban J connectivity index is 3.06. The molecular weight excluding hydrogens is 200 g/mol. The van der Waals surface area contributed by atoms with Gasteiger partial charge in [-0.2, -0.15) is 0 Å². The van der Waals surface area contributed by atoms with Crippen LogP contribution < -0.4 is 4.74 Å². The monoisotopic (exact) mass is 222 g/mol. The van der Waals surface area contributed by atoms with E-state index in [1.807, 2.05) is 0 Å². The van der Waals surface area contributed by atoms with Gasteiger partial charge in [0.1, 0.15) is 5.75 Å². The van der Waals surface area contributed by atoms with Gasteiger partial charge in [0.2, 0.25) is 0 Å². The number of aliphatic hydroxyl groups excluding tert-OH is 1. The Kier molecular flexibility index (Phi) is 4.81. The minimum absolute atomic E-state index is 0.252. The van der Waals surface area contributed by atoms with Crippen molar-refractivity contribution in [1.82, 2.24) is 0 Å². The lowest BCUT2D eigenvalue weighted by Crippen LogP contribution is -2.00. The molecule has 1 aromatic rings. The van der Waals surface area contributed by atoms with Gasteiger partial charge in [0.25, 0.3) is 0 Å². The van der Waals surface area contributed by atoms with Crippen LogP contribution in [0.3, 0.4) is 0 Å². The van der Waals surface area contributed by atoms with Crippen molar-refractivity contribution in [3.63, 3.8) is 0 Å². The second-order valence-electron chi connectivity index (χ2n) is 4.50. The molecule has 1 rings (SSSR count). The fraction of sp³-hybridized carbons (Fsp3) is 0.571. The van der Waals surface area contributed by atoms with Crippen molar-refractivity contribution in [2.75, 3.05) is 13.7 Å². The molecule has 2 heteroatoms. The number of aryl methyl sites for hydroxylation is 2. The van der Waals surface area contributed by atoms with E-state index in [-0.39, 0.29) is 6.61 Å². The number of ether oxygens (including phenoxy) is 1. The SMILES string of the molecule is COc1cc(C)c(CCCO)cc1C(C)C. The Morgan fingerprint density at radius 1 is 1.31 bits per heavy atom. The summed E-state index contributed by atoms with van der Waals surface area (Å²) in [6.45, 7) is 6.69. The molecule has 0 aromatic heterocycles. The van der Waals surface area contributed by atoms with E-state index in [4.69, 9.17) is 9.84 Å². The maximum Gasteiger partial charge on any atom is 0.122 e. The Hall–Kier alpha value is -1.02. The van der Waals surface area contributed by atoms with Gasteiger partial charge in [-0.25, -0.2) is 0 Å². The maximum absolute atomic E-state index is 8.87. The van der Waals surface area contributed by atoms with E-state index >= 15 is 0 Å². The molecule has 1 aromatic carbocycles. The lowest BCUT2D eigenvalue weighted by Gasteiger charge is -2.16. The molecule has 0 saturated heterocycles. The van der Waals surface area contributed by atoms with Gasteiger partial charge in [-0.05, 0) is 48.4 Å². The fourth-order valence-corrected chi connectivity index (χ4v) is 1.91. The van der Waals surface area contributed by atoms with Crippen LogP contribution in [0.15, 0.2) is 12.1 Å². The number of methoxy groups -OCH3 is 1. The van der Waals surface area contributed by atoms with E-state index in [1.54, 1.807) is 7.11 Å². The highest BCUT2D eigenvalue weighted by molar-refractivity contribution is 5.43. The number of aliphatic hydroxyl groups is 1. The van der Waals surface area contributed by atoms with Crippen molar-refractivity contribution in [2.45, 2.75) is 39.5 Å². The van der Waals surface area contributed by atoms with Crippen molar-refractivity contribution in [3.8, 4) is 5.75 Å². The molecule has 90 valence electrons. The summed E-state index contributed by atoms with van der Waals surface area (Å²) in [6.07, 6.45) is 1.76. The highest BCUT2D eigenvalue weighted by Crippen LogP contribution is 2.29. The van der Waals surface area contributed by atoms with Crippen LogP contribution in [0.25, 0.3) is 0 Å². The molecule has 1 N–H and O–H groups in total. The zero-order valence-corrected chi connectivity index (χ0v) is 10.7. The number of rotatable bonds is 5. The van der Waals surface area contributed by atoms with Crippen LogP contribution in [0.2, 0.25) is 0 Å². The predicted octanol–water partition coefficient (Wildman–Crippen LogP) is 3.05. The number of benzene rings is 1. The van der Waals surface area contributed by atoms with Crippen molar-refractivity contribution in [3.05, 3.63) is 28.8 Å². The van der Waals surface area contributed by atoms with Crippen molar-refractivity contribution >= 4 is 0 Å². The van der Waals surface area contributed by atoms with Gasteiger partial charge < -0.3 is 9.84 Å². The van der Waals surface area contributed by atoms with E-state index in [0.717, 1.165) is 18.6 Å². The van der Waals surface area contributed by atoms with Gasteiger partial charge in [0, 0.05) is 6.61 Å². The summed E-state index contributed by atoms with van der Waals surface area (Å²) in [6, 6.07) is 4.32. The summed E-state index contributed by atoms with van der Waals surface area (Å²) >= 11 is 0. The molecule has 0 heterocycles. The smallest absolute Gasteiger partial charge is 0.122 e. The van der Waals surface area contributed by atoms with Crippen LogP contribution in [0.5, 0.6) is 5.75 Å². The first kappa shape index (κ1) is 13.0. The average Bonchev–Trinajstić information content (AvgIpc) is 2.26. The first-order valence-corrected chi connectivity index (χ1v) is 5.88. The molecular formula is C14H22O2. The van der Waals surface area contributed by atoms with Gasteiger partial charge in [-0.1, -0.05) is 19.9 Å². The molecule has 0 aliphatic carbocycles. The Bertz CT molecular complexity index is 343. The van der Waals surface area contributed by atoms with E-state index in [2.05, 4.69) is 32.9 Å². The molecule has 0 bridgehead atoms. The van der Waals surface area contributed by atoms with E-state index in [9.17, 15) is 0 Å². The van der Waals surface area contributed by atoms with E-state index < -0.39 is 0 Å². The second-order valence-corrected chi connectivity index (χ2v) is 4.50. The zero-order valence-electron chi connectivity index (χ0n) is 10.7. The molecule has 0 radical (unpaired) electrons. The normalized spacial score (nSPS) is 10.9. The average molecular weight is 222 g/mol. The van der Waals surface area contributed by atoms with Crippen molar-refractivity contribution in [2.24, 2.45) is 0 Å². The van der Waals surface area contributed by atoms with Crippen LogP contribution >= 0.6 is 0 Å². The first-order valence-electron chi connectivity index (χ1n) is 5.88. The number of hydrogen-bond donors (Lipinski definition) is 1. The maximum atomic E-state index is 8.87. The number of hydrogen-bond acceptors (Lipinski definition) is 2. The minimum atomic E-state index is 0.252.